The molecular formula is C15H24N2O. The molecule has 1 aromatic carbocycles. The zero-order chi connectivity index (χ0) is 13.1. The molecule has 1 heterocycles. The zero-order valence-corrected chi connectivity index (χ0v) is 11.9. The summed E-state index contributed by atoms with van der Waals surface area (Å²) in [5.74, 6) is 0. The first-order valence-corrected chi connectivity index (χ1v) is 6.64. The molecule has 0 aromatic heterocycles. The molecule has 2 atom stereocenters. The maximum absolute atomic E-state index is 5.39. The molecule has 1 N–H and O–H groups in total. The van der Waals surface area contributed by atoms with Gasteiger partial charge in [0.2, 0.25) is 0 Å². The number of ether oxygens (including phenoxy) is 1. The van der Waals surface area contributed by atoms with Gasteiger partial charge in [-0.3, -0.25) is 0 Å². The van der Waals surface area contributed by atoms with Crippen LogP contribution >= 0.6 is 0 Å². The predicted octanol–water partition coefficient (Wildman–Crippen LogP) is 2.12. The SMILES string of the molecule is COC1CNC(CN(C)c2cc(C)cc(C)c2)C1. The summed E-state index contributed by atoms with van der Waals surface area (Å²) in [5.41, 5.74) is 3.95. The van der Waals surface area contributed by atoms with Gasteiger partial charge in [-0.2, -0.15) is 0 Å². The van der Waals surface area contributed by atoms with Gasteiger partial charge >= 0.3 is 0 Å². The number of hydrogen-bond acceptors (Lipinski definition) is 3. The topological polar surface area (TPSA) is 24.5 Å². The van der Waals surface area contributed by atoms with Crippen molar-refractivity contribution in [1.82, 2.24) is 5.32 Å². The van der Waals surface area contributed by atoms with Crippen molar-refractivity contribution < 1.29 is 4.74 Å². The summed E-state index contributed by atoms with van der Waals surface area (Å²) in [6.45, 7) is 6.31. The van der Waals surface area contributed by atoms with Crippen molar-refractivity contribution in [3.05, 3.63) is 29.3 Å². The van der Waals surface area contributed by atoms with E-state index in [0.717, 1.165) is 19.5 Å². The van der Waals surface area contributed by atoms with Gasteiger partial charge in [0.15, 0.2) is 0 Å². The molecule has 0 saturated carbocycles. The van der Waals surface area contributed by atoms with Gasteiger partial charge in [0.25, 0.3) is 0 Å². The van der Waals surface area contributed by atoms with Gasteiger partial charge in [0.05, 0.1) is 6.10 Å². The summed E-state index contributed by atoms with van der Waals surface area (Å²) in [4.78, 5) is 2.33. The lowest BCUT2D eigenvalue weighted by atomic mass is 10.1. The molecule has 0 radical (unpaired) electrons. The van der Waals surface area contributed by atoms with Crippen LogP contribution < -0.4 is 10.2 Å². The Morgan fingerprint density at radius 2 is 1.94 bits per heavy atom. The van der Waals surface area contributed by atoms with E-state index in [-0.39, 0.29) is 0 Å². The fraction of sp³-hybridized carbons (Fsp3) is 0.600. The van der Waals surface area contributed by atoms with E-state index in [1.54, 1.807) is 7.11 Å². The van der Waals surface area contributed by atoms with Crippen LogP contribution in [0.4, 0.5) is 5.69 Å². The Labute approximate surface area is 110 Å². The second kappa shape index (κ2) is 5.72. The van der Waals surface area contributed by atoms with Crippen LogP contribution in [0.3, 0.4) is 0 Å². The largest absolute Gasteiger partial charge is 0.380 e. The molecule has 2 rings (SSSR count). The number of nitrogens with zero attached hydrogens (tertiary/aromatic N) is 1. The number of nitrogens with one attached hydrogen (secondary N) is 1. The highest BCUT2D eigenvalue weighted by atomic mass is 16.5. The first-order valence-electron chi connectivity index (χ1n) is 6.64. The van der Waals surface area contributed by atoms with Crippen molar-refractivity contribution in [1.29, 1.82) is 0 Å². The van der Waals surface area contributed by atoms with Crippen LogP contribution in [0.1, 0.15) is 17.5 Å². The Morgan fingerprint density at radius 1 is 1.28 bits per heavy atom. The third-order valence-corrected chi connectivity index (χ3v) is 3.66. The summed E-state index contributed by atoms with van der Waals surface area (Å²) in [7, 11) is 3.96. The fourth-order valence-electron chi connectivity index (χ4n) is 2.71. The average Bonchev–Trinajstić information content (AvgIpc) is 2.75. The maximum Gasteiger partial charge on any atom is 0.0711 e. The van der Waals surface area contributed by atoms with Gasteiger partial charge in [-0.15, -0.1) is 0 Å². The lowest BCUT2D eigenvalue weighted by molar-refractivity contribution is 0.117. The quantitative estimate of drug-likeness (QED) is 0.883. The highest BCUT2D eigenvalue weighted by molar-refractivity contribution is 5.50. The van der Waals surface area contributed by atoms with E-state index in [1.165, 1.54) is 16.8 Å². The van der Waals surface area contributed by atoms with Crippen LogP contribution in [-0.4, -0.2) is 39.4 Å². The molecule has 3 heteroatoms. The van der Waals surface area contributed by atoms with E-state index >= 15 is 0 Å². The van der Waals surface area contributed by atoms with Crippen molar-refractivity contribution >= 4 is 5.69 Å². The molecule has 1 aliphatic heterocycles. The van der Waals surface area contributed by atoms with Crippen molar-refractivity contribution in [2.45, 2.75) is 32.4 Å². The molecule has 1 saturated heterocycles. The highest BCUT2D eigenvalue weighted by Gasteiger charge is 2.24. The van der Waals surface area contributed by atoms with Gasteiger partial charge in [-0.25, -0.2) is 0 Å². The van der Waals surface area contributed by atoms with Crippen molar-refractivity contribution in [2.24, 2.45) is 0 Å². The Hall–Kier alpha value is -1.06. The summed E-state index contributed by atoms with van der Waals surface area (Å²) in [5, 5.41) is 3.52. The number of aryl methyl sites for hydroxylation is 2. The van der Waals surface area contributed by atoms with E-state index in [4.69, 9.17) is 4.74 Å². The van der Waals surface area contributed by atoms with Crippen LogP contribution in [0.2, 0.25) is 0 Å². The lowest BCUT2D eigenvalue weighted by Gasteiger charge is -2.24. The van der Waals surface area contributed by atoms with Crippen LogP contribution in [0, 0.1) is 13.8 Å². The van der Waals surface area contributed by atoms with E-state index in [9.17, 15) is 0 Å². The van der Waals surface area contributed by atoms with Crippen molar-refractivity contribution in [3.63, 3.8) is 0 Å². The third-order valence-electron chi connectivity index (χ3n) is 3.66. The standard InChI is InChI=1S/C15H24N2O/c1-11-5-12(2)7-14(6-11)17(3)10-13-8-15(18-4)9-16-13/h5-7,13,15-16H,8-10H2,1-4H3. The van der Waals surface area contributed by atoms with E-state index in [0.29, 0.717) is 12.1 Å². The number of rotatable bonds is 4. The van der Waals surface area contributed by atoms with Crippen LogP contribution in [0.15, 0.2) is 18.2 Å². The first kappa shape index (κ1) is 13.4. The summed E-state index contributed by atoms with van der Waals surface area (Å²) < 4.78 is 5.39. The van der Waals surface area contributed by atoms with Gasteiger partial charge in [0, 0.05) is 39.0 Å². The summed E-state index contributed by atoms with van der Waals surface area (Å²) >= 11 is 0. The minimum Gasteiger partial charge on any atom is -0.380 e. The molecule has 0 spiro atoms. The second-order valence-corrected chi connectivity index (χ2v) is 5.43. The zero-order valence-electron chi connectivity index (χ0n) is 11.9. The van der Waals surface area contributed by atoms with Crippen molar-refractivity contribution in [2.75, 3.05) is 32.1 Å². The van der Waals surface area contributed by atoms with Gasteiger partial charge in [-0.1, -0.05) is 6.07 Å². The summed E-state index contributed by atoms with van der Waals surface area (Å²) in [6.07, 6.45) is 1.48. The molecule has 3 nitrogen and oxygen atoms in total. The second-order valence-electron chi connectivity index (χ2n) is 5.43. The highest BCUT2D eigenvalue weighted by Crippen LogP contribution is 2.19. The molecule has 1 aromatic rings. The normalized spacial score (nSPS) is 23.3. The van der Waals surface area contributed by atoms with Gasteiger partial charge < -0.3 is 15.0 Å². The minimum absolute atomic E-state index is 0.377. The van der Waals surface area contributed by atoms with Crippen molar-refractivity contribution in [3.8, 4) is 0 Å². The smallest absolute Gasteiger partial charge is 0.0711 e. The third kappa shape index (κ3) is 3.24. The number of hydrogen-bond donors (Lipinski definition) is 1. The number of anilines is 1. The molecule has 1 aliphatic rings. The monoisotopic (exact) mass is 248 g/mol. The maximum atomic E-state index is 5.39. The Bertz CT molecular complexity index is 385. The number of benzene rings is 1. The molecule has 0 bridgehead atoms. The summed E-state index contributed by atoms with van der Waals surface area (Å²) in [6, 6.07) is 7.23. The van der Waals surface area contributed by atoms with Crippen LogP contribution in [-0.2, 0) is 4.74 Å². The number of methoxy groups -OCH3 is 1. The lowest BCUT2D eigenvalue weighted by Crippen LogP contribution is -2.35. The molecular weight excluding hydrogens is 224 g/mol. The Morgan fingerprint density at radius 3 is 2.50 bits per heavy atom. The van der Waals surface area contributed by atoms with E-state index in [2.05, 4.69) is 49.3 Å². The average molecular weight is 248 g/mol. The molecule has 1 fully saturated rings. The van der Waals surface area contributed by atoms with E-state index in [1.807, 2.05) is 0 Å². The Kier molecular flexibility index (Phi) is 4.25. The van der Waals surface area contributed by atoms with Gasteiger partial charge in [0.1, 0.15) is 0 Å². The molecule has 100 valence electrons. The predicted molar refractivity (Wildman–Crippen MR) is 76.4 cm³/mol. The van der Waals surface area contributed by atoms with Crippen LogP contribution in [0.5, 0.6) is 0 Å². The molecule has 0 amide bonds. The first-order chi connectivity index (χ1) is 8.58. The molecule has 0 aliphatic carbocycles. The fourth-order valence-corrected chi connectivity index (χ4v) is 2.71. The number of likely N-dealkylation sites (N-methyl/N-ethyl adjacent to an activating group) is 1. The van der Waals surface area contributed by atoms with Crippen LogP contribution in [0.25, 0.3) is 0 Å². The molecule has 2 unspecified atom stereocenters. The minimum atomic E-state index is 0.377. The molecule has 18 heavy (non-hydrogen) atoms. The van der Waals surface area contributed by atoms with Gasteiger partial charge in [-0.05, 0) is 43.5 Å². The Balaban J connectivity index is 1.97. The van der Waals surface area contributed by atoms with E-state index < -0.39 is 0 Å².